The molecule has 5 nitrogen and oxygen atoms in total. The van der Waals surface area contributed by atoms with Crippen LogP contribution in [0.1, 0.15) is 50.2 Å². The quantitative estimate of drug-likeness (QED) is 0.758. The molecule has 4 rings (SSSR count). The second-order valence-electron chi connectivity index (χ2n) is 8.28. The number of nitrogens with zero attached hydrogens (tertiary/aromatic N) is 1. The van der Waals surface area contributed by atoms with Crippen LogP contribution in [-0.4, -0.2) is 40.8 Å². The molecule has 1 N–H and O–H groups in total. The summed E-state index contributed by atoms with van der Waals surface area (Å²) in [6.07, 6.45) is 2.17. The molecular weight excluding hydrogens is 366 g/mol. The minimum absolute atomic E-state index is 0.00961. The molecule has 0 aliphatic heterocycles. The van der Waals surface area contributed by atoms with E-state index in [0.717, 1.165) is 30.4 Å². The summed E-state index contributed by atoms with van der Waals surface area (Å²) in [6, 6.07) is 15.3. The van der Waals surface area contributed by atoms with E-state index in [2.05, 4.69) is 24.3 Å². The summed E-state index contributed by atoms with van der Waals surface area (Å²) in [6.45, 7) is 3.89. The van der Waals surface area contributed by atoms with Gasteiger partial charge in [0.25, 0.3) is 0 Å². The summed E-state index contributed by atoms with van der Waals surface area (Å²) in [5.41, 5.74) is 4.63. The van der Waals surface area contributed by atoms with Gasteiger partial charge in [0.1, 0.15) is 12.6 Å². The number of carboxylic acid groups (broad SMARTS) is 1. The fourth-order valence-corrected chi connectivity index (χ4v) is 4.62. The van der Waals surface area contributed by atoms with E-state index in [1.54, 1.807) is 0 Å². The van der Waals surface area contributed by atoms with Gasteiger partial charge in [-0.25, -0.2) is 9.59 Å². The lowest BCUT2D eigenvalue weighted by Gasteiger charge is -2.40. The lowest BCUT2D eigenvalue weighted by molar-refractivity contribution is -0.147. The molecule has 29 heavy (non-hydrogen) atoms. The Morgan fingerprint density at radius 2 is 1.59 bits per heavy atom. The van der Waals surface area contributed by atoms with Crippen molar-refractivity contribution in [2.24, 2.45) is 5.92 Å². The molecule has 0 spiro atoms. The molecule has 2 aromatic rings. The molecule has 0 saturated heterocycles. The van der Waals surface area contributed by atoms with Crippen molar-refractivity contribution in [1.29, 1.82) is 0 Å². The molecule has 0 heterocycles. The normalized spacial score (nSPS) is 16.7. The van der Waals surface area contributed by atoms with E-state index < -0.39 is 18.1 Å². The Bertz CT molecular complexity index is 873. The van der Waals surface area contributed by atoms with Crippen LogP contribution in [0.5, 0.6) is 0 Å². The fourth-order valence-electron chi connectivity index (χ4n) is 4.62. The average molecular weight is 393 g/mol. The molecule has 0 radical (unpaired) electrons. The predicted octanol–water partition coefficient (Wildman–Crippen LogP) is 4.90. The number of hydrogen-bond acceptors (Lipinski definition) is 3. The second-order valence-corrected chi connectivity index (χ2v) is 8.28. The third kappa shape index (κ3) is 3.50. The molecule has 5 heteroatoms. The van der Waals surface area contributed by atoms with Crippen LogP contribution in [0.2, 0.25) is 0 Å². The summed E-state index contributed by atoms with van der Waals surface area (Å²) in [5, 5.41) is 9.77. The van der Waals surface area contributed by atoms with Crippen LogP contribution in [0.25, 0.3) is 11.1 Å². The standard InChI is InChI=1S/C24H27NO4/c1-15(2)25(22(23(26)27)16-8-7-9-16)24(28)29-14-21-19-12-5-3-10-17(19)18-11-4-6-13-20(18)21/h3-6,10-13,15-16,21-22H,7-9,14H2,1-2H3,(H,26,27). The van der Waals surface area contributed by atoms with Crippen molar-refractivity contribution in [3.05, 3.63) is 59.7 Å². The van der Waals surface area contributed by atoms with Crippen LogP contribution in [0, 0.1) is 5.92 Å². The first-order valence-corrected chi connectivity index (χ1v) is 10.3. The summed E-state index contributed by atoms with van der Waals surface area (Å²) in [4.78, 5) is 26.3. The van der Waals surface area contributed by atoms with E-state index in [9.17, 15) is 14.7 Å². The number of carbonyl (C=O) groups excluding carboxylic acids is 1. The van der Waals surface area contributed by atoms with Crippen LogP contribution in [0.15, 0.2) is 48.5 Å². The van der Waals surface area contributed by atoms with Gasteiger partial charge in [0.15, 0.2) is 0 Å². The molecule has 1 fully saturated rings. The average Bonchev–Trinajstić information content (AvgIpc) is 2.98. The highest BCUT2D eigenvalue weighted by atomic mass is 16.6. The Balaban J connectivity index is 1.55. The third-order valence-corrected chi connectivity index (χ3v) is 6.25. The number of amides is 1. The molecule has 1 atom stereocenters. The first-order valence-electron chi connectivity index (χ1n) is 10.3. The highest BCUT2D eigenvalue weighted by Gasteiger charge is 2.41. The van der Waals surface area contributed by atoms with Gasteiger partial charge in [0.05, 0.1) is 0 Å². The number of hydrogen-bond donors (Lipinski definition) is 1. The highest BCUT2D eigenvalue weighted by molar-refractivity contribution is 5.81. The SMILES string of the molecule is CC(C)N(C(=O)OCC1c2ccccc2-c2ccccc21)C(C(=O)O)C1CCC1. The largest absolute Gasteiger partial charge is 0.480 e. The van der Waals surface area contributed by atoms with E-state index in [1.165, 1.54) is 16.0 Å². The van der Waals surface area contributed by atoms with E-state index in [0.29, 0.717) is 0 Å². The minimum Gasteiger partial charge on any atom is -0.480 e. The Labute approximate surface area is 171 Å². The predicted molar refractivity (Wildman–Crippen MR) is 111 cm³/mol. The zero-order valence-electron chi connectivity index (χ0n) is 16.9. The van der Waals surface area contributed by atoms with Gasteiger partial charge in [-0.15, -0.1) is 0 Å². The van der Waals surface area contributed by atoms with Crippen molar-refractivity contribution >= 4 is 12.1 Å². The third-order valence-electron chi connectivity index (χ3n) is 6.25. The van der Waals surface area contributed by atoms with Crippen molar-refractivity contribution in [3.63, 3.8) is 0 Å². The summed E-state index contributed by atoms with van der Waals surface area (Å²) in [7, 11) is 0. The lowest BCUT2D eigenvalue weighted by Crippen LogP contribution is -2.54. The van der Waals surface area contributed by atoms with Gasteiger partial charge in [-0.2, -0.15) is 0 Å². The van der Waals surface area contributed by atoms with Gasteiger partial charge in [-0.1, -0.05) is 55.0 Å². The van der Waals surface area contributed by atoms with Gasteiger partial charge in [0.2, 0.25) is 0 Å². The molecule has 152 valence electrons. The minimum atomic E-state index is -0.947. The maximum atomic E-state index is 13.0. The van der Waals surface area contributed by atoms with Crippen molar-refractivity contribution in [1.82, 2.24) is 4.90 Å². The molecule has 1 amide bonds. The number of carboxylic acids is 1. The second kappa shape index (κ2) is 7.90. The molecule has 0 aromatic heterocycles. The number of rotatable bonds is 6. The van der Waals surface area contributed by atoms with Gasteiger partial charge in [-0.3, -0.25) is 4.90 Å². The summed E-state index contributed by atoms with van der Waals surface area (Å²) in [5.74, 6) is -0.973. The Hall–Kier alpha value is -2.82. The van der Waals surface area contributed by atoms with E-state index in [-0.39, 0.29) is 24.5 Å². The van der Waals surface area contributed by atoms with Crippen molar-refractivity contribution in [3.8, 4) is 11.1 Å². The molecule has 2 aromatic carbocycles. The van der Waals surface area contributed by atoms with Crippen LogP contribution in [0.3, 0.4) is 0 Å². The molecule has 0 bridgehead atoms. The zero-order valence-corrected chi connectivity index (χ0v) is 16.9. The first-order chi connectivity index (χ1) is 14.0. The molecule has 2 aliphatic rings. The summed E-state index contributed by atoms with van der Waals surface area (Å²) < 4.78 is 5.74. The molecular formula is C24H27NO4. The highest BCUT2D eigenvalue weighted by Crippen LogP contribution is 2.44. The van der Waals surface area contributed by atoms with Crippen molar-refractivity contribution < 1.29 is 19.4 Å². The smallest absolute Gasteiger partial charge is 0.410 e. The molecule has 1 saturated carbocycles. The monoisotopic (exact) mass is 393 g/mol. The lowest BCUT2D eigenvalue weighted by atomic mass is 9.79. The van der Waals surface area contributed by atoms with Crippen molar-refractivity contribution in [2.45, 2.75) is 51.1 Å². The number of fused-ring (bicyclic) bond motifs is 3. The van der Waals surface area contributed by atoms with Crippen LogP contribution in [-0.2, 0) is 9.53 Å². The van der Waals surface area contributed by atoms with Gasteiger partial charge in [0, 0.05) is 12.0 Å². The van der Waals surface area contributed by atoms with Crippen LogP contribution >= 0.6 is 0 Å². The molecule has 1 unspecified atom stereocenters. The van der Waals surface area contributed by atoms with Crippen LogP contribution < -0.4 is 0 Å². The number of ether oxygens (including phenoxy) is 1. The van der Waals surface area contributed by atoms with E-state index in [4.69, 9.17) is 4.74 Å². The van der Waals surface area contributed by atoms with E-state index >= 15 is 0 Å². The Morgan fingerprint density at radius 1 is 1.03 bits per heavy atom. The maximum absolute atomic E-state index is 13.0. The van der Waals surface area contributed by atoms with E-state index in [1.807, 2.05) is 38.1 Å². The van der Waals surface area contributed by atoms with Crippen LogP contribution in [0.4, 0.5) is 4.79 Å². The number of carbonyl (C=O) groups is 2. The van der Waals surface area contributed by atoms with Gasteiger partial charge < -0.3 is 9.84 Å². The fraction of sp³-hybridized carbons (Fsp3) is 0.417. The van der Waals surface area contributed by atoms with Gasteiger partial charge >= 0.3 is 12.1 Å². The zero-order chi connectivity index (χ0) is 20.5. The molecule has 2 aliphatic carbocycles. The number of aliphatic carboxylic acids is 1. The van der Waals surface area contributed by atoms with Crippen molar-refractivity contribution in [2.75, 3.05) is 6.61 Å². The maximum Gasteiger partial charge on any atom is 0.410 e. The Morgan fingerprint density at radius 3 is 2.03 bits per heavy atom. The Kier molecular flexibility index (Phi) is 5.31. The summed E-state index contributed by atoms with van der Waals surface area (Å²) >= 11 is 0. The first kappa shape index (κ1) is 19.5. The number of benzene rings is 2. The van der Waals surface area contributed by atoms with Gasteiger partial charge in [-0.05, 0) is 54.9 Å². The topological polar surface area (TPSA) is 66.8 Å².